The van der Waals surface area contributed by atoms with Gasteiger partial charge in [-0.3, -0.25) is 10.3 Å². The van der Waals surface area contributed by atoms with E-state index in [-0.39, 0.29) is 23.6 Å². The number of fused-ring (bicyclic) bond motifs is 1. The molecule has 1 fully saturated rings. The SMILES string of the molecule is Cc1ccc(N2CCN(C)CC2)c2c1CC[C@H](NC(=O)Nc1cnc(-c3cc(C(F)(F)F)cc(C(F)(F)F)c3)cn1)C2. The van der Waals surface area contributed by atoms with Gasteiger partial charge >= 0.3 is 18.4 Å². The van der Waals surface area contributed by atoms with Crippen molar-refractivity contribution in [2.24, 2.45) is 0 Å². The normalized spacial score (nSPS) is 18.0. The van der Waals surface area contributed by atoms with Crippen molar-refractivity contribution in [3.63, 3.8) is 0 Å². The lowest BCUT2D eigenvalue weighted by Gasteiger charge is -2.37. The van der Waals surface area contributed by atoms with E-state index in [9.17, 15) is 31.1 Å². The zero-order valence-corrected chi connectivity index (χ0v) is 23.0. The molecule has 2 N–H and O–H groups in total. The lowest BCUT2D eigenvalue weighted by molar-refractivity contribution is -0.143. The molecular formula is C29H30F6N6O. The second-order valence-electron chi connectivity index (χ2n) is 10.8. The molecule has 7 nitrogen and oxygen atoms in total. The van der Waals surface area contributed by atoms with Crippen LogP contribution >= 0.6 is 0 Å². The first kappa shape index (κ1) is 29.6. The summed E-state index contributed by atoms with van der Waals surface area (Å²) in [6, 6.07) is 4.85. The fourth-order valence-corrected chi connectivity index (χ4v) is 5.49. The molecule has 1 aromatic heterocycles. The molecule has 0 bridgehead atoms. The van der Waals surface area contributed by atoms with Gasteiger partial charge in [0.15, 0.2) is 5.82 Å². The van der Waals surface area contributed by atoms with Crippen LogP contribution in [0.1, 0.15) is 34.2 Å². The average Bonchev–Trinajstić information content (AvgIpc) is 2.93. The number of amides is 2. The summed E-state index contributed by atoms with van der Waals surface area (Å²) in [5.74, 6) is 0.00412. The number of nitrogens with one attached hydrogen (secondary N) is 2. The van der Waals surface area contributed by atoms with E-state index in [0.717, 1.165) is 51.4 Å². The van der Waals surface area contributed by atoms with Crippen LogP contribution in [0.25, 0.3) is 11.3 Å². The predicted molar refractivity (Wildman–Crippen MR) is 146 cm³/mol. The third-order valence-corrected chi connectivity index (χ3v) is 7.79. The van der Waals surface area contributed by atoms with E-state index >= 15 is 0 Å². The van der Waals surface area contributed by atoms with Crippen LogP contribution in [0.5, 0.6) is 0 Å². The summed E-state index contributed by atoms with van der Waals surface area (Å²) in [6.45, 7) is 5.90. The molecule has 1 aliphatic carbocycles. The summed E-state index contributed by atoms with van der Waals surface area (Å²) < 4.78 is 79.3. The van der Waals surface area contributed by atoms with Gasteiger partial charge < -0.3 is 15.1 Å². The highest BCUT2D eigenvalue weighted by molar-refractivity contribution is 5.88. The lowest BCUT2D eigenvalue weighted by Crippen LogP contribution is -2.46. The van der Waals surface area contributed by atoms with Gasteiger partial charge in [-0.1, -0.05) is 6.07 Å². The van der Waals surface area contributed by atoms with Gasteiger partial charge in [-0.25, -0.2) is 9.78 Å². The van der Waals surface area contributed by atoms with Crippen molar-refractivity contribution < 1.29 is 31.1 Å². The van der Waals surface area contributed by atoms with E-state index in [1.165, 1.54) is 22.4 Å². The average molecular weight is 593 g/mol. The Bertz CT molecular complexity index is 1420. The number of nitrogens with zero attached hydrogens (tertiary/aromatic N) is 4. The molecular weight excluding hydrogens is 562 g/mol. The van der Waals surface area contributed by atoms with Crippen LogP contribution in [0.4, 0.5) is 42.6 Å². The molecule has 0 saturated carbocycles. The Morgan fingerprint density at radius 3 is 2.17 bits per heavy atom. The summed E-state index contributed by atoms with van der Waals surface area (Å²) in [4.78, 5) is 25.4. The predicted octanol–water partition coefficient (Wildman–Crippen LogP) is 5.92. The van der Waals surface area contributed by atoms with Gasteiger partial charge in [-0.15, -0.1) is 0 Å². The number of urea groups is 1. The molecule has 0 radical (unpaired) electrons. The summed E-state index contributed by atoms with van der Waals surface area (Å²) in [7, 11) is 2.10. The quantitative estimate of drug-likeness (QED) is 0.368. The maximum atomic E-state index is 13.2. The van der Waals surface area contributed by atoms with E-state index in [1.807, 2.05) is 0 Å². The molecule has 2 heterocycles. The van der Waals surface area contributed by atoms with Crippen LogP contribution in [-0.2, 0) is 25.2 Å². The Morgan fingerprint density at radius 2 is 1.57 bits per heavy atom. The minimum atomic E-state index is -4.98. The van der Waals surface area contributed by atoms with Crippen LogP contribution in [-0.4, -0.2) is 60.2 Å². The number of halogens is 6. The van der Waals surface area contributed by atoms with Crippen LogP contribution in [0.2, 0.25) is 0 Å². The minimum absolute atomic E-state index is 0.00412. The van der Waals surface area contributed by atoms with Crippen molar-refractivity contribution in [2.45, 2.75) is 44.6 Å². The first-order valence-electron chi connectivity index (χ1n) is 13.5. The number of likely N-dealkylation sites (N-methyl/N-ethyl adjacent to an activating group) is 1. The van der Waals surface area contributed by atoms with Gasteiger partial charge in [0.25, 0.3) is 0 Å². The minimum Gasteiger partial charge on any atom is -0.369 e. The van der Waals surface area contributed by atoms with Gasteiger partial charge in [-0.05, 0) is 74.2 Å². The maximum Gasteiger partial charge on any atom is 0.416 e. The number of aromatic nitrogens is 2. The Kier molecular flexibility index (Phi) is 8.06. The molecule has 13 heteroatoms. The Balaban J connectivity index is 1.27. The number of benzene rings is 2. The number of aryl methyl sites for hydroxylation is 1. The molecule has 0 unspecified atom stereocenters. The van der Waals surface area contributed by atoms with E-state index in [0.29, 0.717) is 18.6 Å². The van der Waals surface area contributed by atoms with Gasteiger partial charge in [-0.2, -0.15) is 26.3 Å². The second-order valence-corrected chi connectivity index (χ2v) is 10.8. The molecule has 1 aliphatic heterocycles. The number of piperazine rings is 1. The van der Waals surface area contributed by atoms with Gasteiger partial charge in [0.05, 0.1) is 29.2 Å². The van der Waals surface area contributed by atoms with Crippen molar-refractivity contribution in [3.8, 4) is 11.3 Å². The van der Waals surface area contributed by atoms with Crippen molar-refractivity contribution in [1.29, 1.82) is 0 Å². The molecule has 1 saturated heterocycles. The van der Waals surface area contributed by atoms with Gasteiger partial charge in [0.1, 0.15) is 0 Å². The van der Waals surface area contributed by atoms with Crippen LogP contribution in [0, 0.1) is 6.92 Å². The standard InChI is InChI=1S/C29H30F6N6O/c1-17-3-6-25(41-9-7-40(2)8-10-41)23-14-21(4-5-22(17)23)38-27(42)39-26-16-36-24(15-37-26)18-11-19(28(30,31)32)13-20(12-18)29(33,34)35/h3,6,11-13,15-16,21H,4-5,7-10,14H2,1-2H3,(H2,37,38,39,42)/t21-/m0/s1. The molecule has 2 aliphatic rings. The highest BCUT2D eigenvalue weighted by atomic mass is 19.4. The molecule has 2 aromatic carbocycles. The number of carbonyl (C=O) groups is 1. The molecule has 3 aromatic rings. The van der Waals surface area contributed by atoms with Crippen molar-refractivity contribution in [1.82, 2.24) is 20.2 Å². The fraction of sp³-hybridized carbons (Fsp3) is 0.414. The number of carbonyl (C=O) groups excluding carboxylic acids is 1. The molecule has 2 amide bonds. The number of alkyl halides is 6. The zero-order valence-electron chi connectivity index (χ0n) is 23.0. The molecule has 0 spiro atoms. The van der Waals surface area contributed by atoms with E-state index in [1.54, 1.807) is 0 Å². The number of hydrogen-bond donors (Lipinski definition) is 2. The highest BCUT2D eigenvalue weighted by Crippen LogP contribution is 2.38. The molecule has 224 valence electrons. The lowest BCUT2D eigenvalue weighted by atomic mass is 9.84. The topological polar surface area (TPSA) is 73.4 Å². The third-order valence-electron chi connectivity index (χ3n) is 7.79. The Hall–Kier alpha value is -3.87. The van der Waals surface area contributed by atoms with E-state index in [4.69, 9.17) is 0 Å². The molecule has 42 heavy (non-hydrogen) atoms. The summed E-state index contributed by atoms with van der Waals surface area (Å²) >= 11 is 0. The van der Waals surface area contributed by atoms with Crippen LogP contribution in [0.15, 0.2) is 42.7 Å². The van der Waals surface area contributed by atoms with Crippen molar-refractivity contribution in [3.05, 3.63) is 70.5 Å². The molecule has 5 rings (SSSR count). The van der Waals surface area contributed by atoms with Crippen LogP contribution in [0.3, 0.4) is 0 Å². The second kappa shape index (κ2) is 11.4. The maximum absolute atomic E-state index is 13.2. The van der Waals surface area contributed by atoms with Gasteiger partial charge in [0, 0.05) is 43.5 Å². The van der Waals surface area contributed by atoms with Crippen molar-refractivity contribution in [2.75, 3.05) is 43.4 Å². The smallest absolute Gasteiger partial charge is 0.369 e. The number of anilines is 2. The first-order valence-corrected chi connectivity index (χ1v) is 13.5. The van der Waals surface area contributed by atoms with Crippen molar-refractivity contribution >= 4 is 17.5 Å². The summed E-state index contributed by atoms with van der Waals surface area (Å²) in [5.41, 5.74) is 1.48. The summed E-state index contributed by atoms with van der Waals surface area (Å²) in [5, 5.41) is 5.52. The Morgan fingerprint density at radius 1 is 0.905 bits per heavy atom. The van der Waals surface area contributed by atoms with Gasteiger partial charge in [0.2, 0.25) is 0 Å². The van der Waals surface area contributed by atoms with E-state index in [2.05, 4.69) is 56.5 Å². The number of rotatable bonds is 4. The summed E-state index contributed by atoms with van der Waals surface area (Å²) in [6.07, 6.45) is -5.62. The zero-order chi connectivity index (χ0) is 30.2. The third kappa shape index (κ3) is 6.61. The fourth-order valence-electron chi connectivity index (χ4n) is 5.49. The Labute approximate surface area is 238 Å². The van der Waals surface area contributed by atoms with E-state index < -0.39 is 35.1 Å². The first-order chi connectivity index (χ1) is 19.8. The number of hydrogen-bond acceptors (Lipinski definition) is 5. The monoisotopic (exact) mass is 592 g/mol. The largest absolute Gasteiger partial charge is 0.416 e. The molecule has 1 atom stereocenters. The van der Waals surface area contributed by atoms with Crippen LogP contribution < -0.4 is 15.5 Å². The highest BCUT2D eigenvalue weighted by Gasteiger charge is 2.37.